The van der Waals surface area contributed by atoms with E-state index in [2.05, 4.69) is 20.5 Å². The van der Waals surface area contributed by atoms with Crippen molar-refractivity contribution in [2.45, 2.75) is 6.04 Å². The Morgan fingerprint density at radius 3 is 2.62 bits per heavy atom. The van der Waals surface area contributed by atoms with Crippen LogP contribution in [0.15, 0.2) is 23.8 Å². The molecule has 0 spiro atoms. The van der Waals surface area contributed by atoms with Crippen LogP contribution < -0.4 is 11.2 Å². The fraction of sp³-hybridized carbons (Fsp3) is 0.143. The molecule has 3 N–H and O–H groups in total. The molecule has 66 valence electrons. The molecule has 1 aromatic heterocycles. The van der Waals surface area contributed by atoms with Crippen molar-refractivity contribution >= 4 is 11.6 Å². The normalized spacial score (nSPS) is 21.2. The van der Waals surface area contributed by atoms with Gasteiger partial charge in [0.1, 0.15) is 12.4 Å². The summed E-state index contributed by atoms with van der Waals surface area (Å²) in [6.45, 7) is 0. The van der Waals surface area contributed by atoms with Crippen LogP contribution in [-0.2, 0) is 4.79 Å². The molecule has 6 nitrogen and oxygen atoms in total. The Kier molecular flexibility index (Phi) is 1.75. The summed E-state index contributed by atoms with van der Waals surface area (Å²) in [5.74, 6) is -0.307. The first kappa shape index (κ1) is 7.81. The predicted molar refractivity (Wildman–Crippen MR) is 44.7 cm³/mol. The first-order chi connectivity index (χ1) is 6.29. The molecule has 0 bridgehead atoms. The van der Waals surface area contributed by atoms with Crippen molar-refractivity contribution in [3.05, 3.63) is 24.3 Å². The van der Waals surface area contributed by atoms with Crippen LogP contribution in [0.5, 0.6) is 0 Å². The molecule has 0 saturated heterocycles. The Balaban J connectivity index is 2.34. The maximum absolute atomic E-state index is 11.0. The van der Waals surface area contributed by atoms with Gasteiger partial charge in [0, 0.05) is 18.0 Å². The topological polar surface area (TPSA) is 93.3 Å². The Hall–Kier alpha value is -1.82. The fourth-order valence-corrected chi connectivity index (χ4v) is 1.05. The van der Waals surface area contributed by atoms with Gasteiger partial charge < -0.3 is 5.73 Å². The van der Waals surface area contributed by atoms with Crippen molar-refractivity contribution in [1.29, 1.82) is 0 Å². The summed E-state index contributed by atoms with van der Waals surface area (Å²) >= 11 is 0. The minimum atomic E-state index is -0.717. The number of amides is 1. The number of hydrazone groups is 1. The maximum Gasteiger partial charge on any atom is 0.263 e. The van der Waals surface area contributed by atoms with Crippen LogP contribution in [0.1, 0.15) is 5.56 Å². The minimum Gasteiger partial charge on any atom is -0.315 e. The molecule has 1 aliphatic rings. The van der Waals surface area contributed by atoms with E-state index in [1.54, 1.807) is 12.4 Å². The second-order valence-corrected chi connectivity index (χ2v) is 2.58. The molecule has 0 aliphatic carbocycles. The van der Waals surface area contributed by atoms with Gasteiger partial charge in [-0.3, -0.25) is 4.79 Å². The van der Waals surface area contributed by atoms with Crippen molar-refractivity contribution in [2.24, 2.45) is 10.8 Å². The van der Waals surface area contributed by atoms with Gasteiger partial charge in [0.05, 0.1) is 5.71 Å². The molecule has 1 aromatic rings. The molecule has 6 heteroatoms. The Bertz CT molecular complexity index is 360. The number of carbonyl (C=O) groups is 1. The van der Waals surface area contributed by atoms with Crippen molar-refractivity contribution in [2.75, 3.05) is 0 Å². The van der Waals surface area contributed by atoms with E-state index < -0.39 is 6.04 Å². The average molecular weight is 177 g/mol. The summed E-state index contributed by atoms with van der Waals surface area (Å²) < 4.78 is 0. The maximum atomic E-state index is 11.0. The van der Waals surface area contributed by atoms with Crippen molar-refractivity contribution in [3.63, 3.8) is 0 Å². The molecule has 0 aromatic carbocycles. The molecule has 0 saturated carbocycles. The number of nitrogens with two attached hydrogens (primary N) is 1. The predicted octanol–water partition coefficient (Wildman–Crippen LogP) is -1.36. The number of nitrogens with zero attached hydrogens (tertiary/aromatic N) is 3. The Labute approximate surface area is 73.9 Å². The van der Waals surface area contributed by atoms with E-state index >= 15 is 0 Å². The number of hydrogen-bond acceptors (Lipinski definition) is 5. The summed E-state index contributed by atoms with van der Waals surface area (Å²) in [6.07, 6.45) is 4.53. The highest BCUT2D eigenvalue weighted by atomic mass is 16.2. The standard InChI is InChI=1S/C7H7N5O/c8-5-6(11-12-7(5)13)4-1-9-3-10-2-4/h1-3,5H,8H2,(H,12,13). The number of carbonyl (C=O) groups excluding carboxylic acids is 1. The third-order valence-corrected chi connectivity index (χ3v) is 1.72. The summed E-state index contributed by atoms with van der Waals surface area (Å²) in [5, 5.41) is 3.78. The summed E-state index contributed by atoms with van der Waals surface area (Å²) in [7, 11) is 0. The van der Waals surface area contributed by atoms with Crippen LogP contribution in [-0.4, -0.2) is 27.6 Å². The number of aromatic nitrogens is 2. The van der Waals surface area contributed by atoms with E-state index in [0.29, 0.717) is 11.3 Å². The van der Waals surface area contributed by atoms with E-state index in [1.807, 2.05) is 0 Å². The van der Waals surface area contributed by atoms with Crippen LogP contribution in [0.4, 0.5) is 0 Å². The van der Waals surface area contributed by atoms with Crippen LogP contribution >= 0.6 is 0 Å². The molecule has 0 fully saturated rings. The fourth-order valence-electron chi connectivity index (χ4n) is 1.05. The van der Waals surface area contributed by atoms with E-state index in [9.17, 15) is 4.79 Å². The number of rotatable bonds is 1. The quantitative estimate of drug-likeness (QED) is 0.554. The summed E-state index contributed by atoms with van der Waals surface area (Å²) in [4.78, 5) is 18.6. The molecular formula is C7H7N5O. The first-order valence-electron chi connectivity index (χ1n) is 3.67. The third-order valence-electron chi connectivity index (χ3n) is 1.72. The van der Waals surface area contributed by atoms with Crippen LogP contribution in [0, 0.1) is 0 Å². The van der Waals surface area contributed by atoms with E-state index in [-0.39, 0.29) is 5.91 Å². The molecule has 2 rings (SSSR count). The second-order valence-electron chi connectivity index (χ2n) is 2.58. The molecule has 0 radical (unpaired) electrons. The summed E-state index contributed by atoms with van der Waals surface area (Å²) in [5.41, 5.74) is 8.98. The van der Waals surface area contributed by atoms with Crippen LogP contribution in [0.2, 0.25) is 0 Å². The van der Waals surface area contributed by atoms with Gasteiger partial charge in [-0.25, -0.2) is 15.4 Å². The molecule has 1 aliphatic heterocycles. The SMILES string of the molecule is NC1C(=O)NN=C1c1cncnc1. The number of nitrogens with one attached hydrogen (secondary N) is 1. The highest BCUT2D eigenvalue weighted by Gasteiger charge is 2.27. The monoisotopic (exact) mass is 177 g/mol. The molecule has 1 atom stereocenters. The highest BCUT2D eigenvalue weighted by Crippen LogP contribution is 2.04. The molecule has 1 unspecified atom stereocenters. The van der Waals surface area contributed by atoms with Gasteiger partial charge in [0.15, 0.2) is 0 Å². The van der Waals surface area contributed by atoms with Gasteiger partial charge >= 0.3 is 0 Å². The highest BCUT2D eigenvalue weighted by molar-refractivity contribution is 6.18. The zero-order chi connectivity index (χ0) is 9.26. The second kappa shape index (κ2) is 2.91. The minimum absolute atomic E-state index is 0.307. The molecule has 2 heterocycles. The van der Waals surface area contributed by atoms with Crippen molar-refractivity contribution in [3.8, 4) is 0 Å². The lowest BCUT2D eigenvalue weighted by Crippen LogP contribution is -2.37. The smallest absolute Gasteiger partial charge is 0.263 e. The van der Waals surface area contributed by atoms with Crippen molar-refractivity contribution < 1.29 is 4.79 Å². The Morgan fingerprint density at radius 1 is 1.38 bits per heavy atom. The van der Waals surface area contributed by atoms with Gasteiger partial charge in [-0.1, -0.05) is 0 Å². The largest absolute Gasteiger partial charge is 0.315 e. The van der Waals surface area contributed by atoms with E-state index in [1.165, 1.54) is 6.33 Å². The van der Waals surface area contributed by atoms with Gasteiger partial charge in [0.2, 0.25) is 0 Å². The lowest BCUT2D eigenvalue weighted by atomic mass is 10.1. The lowest BCUT2D eigenvalue weighted by molar-refractivity contribution is -0.120. The zero-order valence-electron chi connectivity index (χ0n) is 6.64. The molecule has 1 amide bonds. The lowest BCUT2D eigenvalue weighted by Gasteiger charge is -2.01. The van der Waals surface area contributed by atoms with Gasteiger partial charge in [-0.15, -0.1) is 0 Å². The van der Waals surface area contributed by atoms with Crippen molar-refractivity contribution in [1.82, 2.24) is 15.4 Å². The molecular weight excluding hydrogens is 170 g/mol. The van der Waals surface area contributed by atoms with E-state index in [0.717, 1.165) is 0 Å². The molecule has 13 heavy (non-hydrogen) atoms. The van der Waals surface area contributed by atoms with Gasteiger partial charge in [-0.2, -0.15) is 5.10 Å². The number of hydrogen-bond donors (Lipinski definition) is 2. The Morgan fingerprint density at radius 2 is 2.08 bits per heavy atom. The van der Waals surface area contributed by atoms with Gasteiger partial charge in [-0.05, 0) is 0 Å². The van der Waals surface area contributed by atoms with E-state index in [4.69, 9.17) is 5.73 Å². The van der Waals surface area contributed by atoms with Gasteiger partial charge in [0.25, 0.3) is 5.91 Å². The average Bonchev–Trinajstić information content (AvgIpc) is 2.49. The van der Waals surface area contributed by atoms with Crippen LogP contribution in [0.3, 0.4) is 0 Å². The van der Waals surface area contributed by atoms with Crippen LogP contribution in [0.25, 0.3) is 0 Å². The zero-order valence-corrected chi connectivity index (χ0v) is 6.64. The third kappa shape index (κ3) is 1.27. The first-order valence-corrected chi connectivity index (χ1v) is 3.67. The summed E-state index contributed by atoms with van der Waals surface area (Å²) in [6, 6.07) is -0.717.